The van der Waals surface area contributed by atoms with E-state index < -0.39 is 0 Å². The van der Waals surface area contributed by atoms with Gasteiger partial charge in [0.25, 0.3) is 0 Å². The van der Waals surface area contributed by atoms with E-state index in [0.717, 1.165) is 11.3 Å². The van der Waals surface area contributed by atoms with Gasteiger partial charge < -0.3 is 10.6 Å². The highest BCUT2D eigenvalue weighted by atomic mass is 32.1. The second kappa shape index (κ2) is 5.12. The fourth-order valence-corrected chi connectivity index (χ4v) is 2.41. The lowest BCUT2D eigenvalue weighted by atomic mass is 10.1. The van der Waals surface area contributed by atoms with Crippen LogP contribution in [0.15, 0.2) is 17.5 Å². The number of hydrogen-bond donors (Lipinski definition) is 2. The number of carbonyl (C=O) groups is 2. The molecule has 5 heteroatoms. The van der Waals surface area contributed by atoms with Gasteiger partial charge in [-0.15, -0.1) is 11.3 Å². The normalized spacial score (nSPS) is 20.2. The van der Waals surface area contributed by atoms with E-state index >= 15 is 0 Å². The molecule has 4 nitrogen and oxygen atoms in total. The molecule has 1 saturated heterocycles. The van der Waals surface area contributed by atoms with Crippen molar-refractivity contribution in [3.63, 3.8) is 0 Å². The zero-order valence-electron chi connectivity index (χ0n) is 8.86. The van der Waals surface area contributed by atoms with E-state index in [1.165, 1.54) is 0 Å². The SMILES string of the molecule is O=C1CCC(NC(=O)Cc2cccs2)CN1. The summed E-state index contributed by atoms with van der Waals surface area (Å²) in [4.78, 5) is 23.6. The van der Waals surface area contributed by atoms with Crippen molar-refractivity contribution in [2.75, 3.05) is 6.54 Å². The third kappa shape index (κ3) is 3.06. The van der Waals surface area contributed by atoms with Crippen LogP contribution in [0.5, 0.6) is 0 Å². The molecule has 0 spiro atoms. The van der Waals surface area contributed by atoms with Gasteiger partial charge in [-0.05, 0) is 17.9 Å². The first-order valence-corrected chi connectivity index (χ1v) is 6.20. The number of carbonyl (C=O) groups excluding carboxylic acids is 2. The molecule has 1 aliphatic heterocycles. The summed E-state index contributed by atoms with van der Waals surface area (Å²) in [6.07, 6.45) is 1.67. The highest BCUT2D eigenvalue weighted by molar-refractivity contribution is 7.10. The summed E-state index contributed by atoms with van der Waals surface area (Å²) in [5.74, 6) is 0.104. The lowest BCUT2D eigenvalue weighted by Crippen LogP contribution is -2.48. The lowest BCUT2D eigenvalue weighted by Gasteiger charge is -2.23. The molecule has 2 N–H and O–H groups in total. The first-order chi connectivity index (χ1) is 7.74. The van der Waals surface area contributed by atoms with Crippen molar-refractivity contribution in [2.45, 2.75) is 25.3 Å². The van der Waals surface area contributed by atoms with Crippen LogP contribution in [0.2, 0.25) is 0 Å². The Morgan fingerprint density at radius 1 is 1.62 bits per heavy atom. The molecule has 0 saturated carbocycles. The summed E-state index contributed by atoms with van der Waals surface area (Å²) in [6.45, 7) is 0.551. The molecule has 1 aliphatic rings. The Kier molecular flexibility index (Phi) is 3.56. The van der Waals surface area contributed by atoms with Crippen molar-refractivity contribution in [1.29, 1.82) is 0 Å². The summed E-state index contributed by atoms with van der Waals surface area (Å²) < 4.78 is 0. The largest absolute Gasteiger partial charge is 0.354 e. The third-order valence-corrected chi connectivity index (χ3v) is 3.42. The van der Waals surface area contributed by atoms with Crippen LogP contribution in [0.3, 0.4) is 0 Å². The maximum atomic E-state index is 11.6. The second-order valence-corrected chi connectivity index (χ2v) is 4.90. The van der Waals surface area contributed by atoms with Crippen molar-refractivity contribution in [3.05, 3.63) is 22.4 Å². The first-order valence-electron chi connectivity index (χ1n) is 5.32. The predicted molar refractivity (Wildman–Crippen MR) is 62.2 cm³/mol. The Bertz CT molecular complexity index is 365. The Morgan fingerprint density at radius 3 is 3.12 bits per heavy atom. The van der Waals surface area contributed by atoms with Crippen molar-refractivity contribution < 1.29 is 9.59 Å². The first kappa shape index (κ1) is 11.1. The van der Waals surface area contributed by atoms with E-state index in [0.29, 0.717) is 19.4 Å². The molecule has 16 heavy (non-hydrogen) atoms. The van der Waals surface area contributed by atoms with E-state index in [4.69, 9.17) is 0 Å². The standard InChI is InChI=1S/C11H14N2O2S/c14-10-4-3-8(7-12-10)13-11(15)6-9-2-1-5-16-9/h1-2,5,8H,3-4,6-7H2,(H,12,14)(H,13,15). The van der Waals surface area contributed by atoms with Gasteiger partial charge in [0.2, 0.25) is 11.8 Å². The van der Waals surface area contributed by atoms with Crippen molar-refractivity contribution in [3.8, 4) is 0 Å². The van der Waals surface area contributed by atoms with Crippen LogP contribution in [0.4, 0.5) is 0 Å². The van der Waals surface area contributed by atoms with Gasteiger partial charge in [0.05, 0.1) is 6.42 Å². The average molecular weight is 238 g/mol. The summed E-state index contributed by atoms with van der Waals surface area (Å²) >= 11 is 1.58. The van der Waals surface area contributed by atoms with E-state index in [9.17, 15) is 9.59 Å². The molecule has 2 heterocycles. The van der Waals surface area contributed by atoms with Crippen molar-refractivity contribution >= 4 is 23.2 Å². The van der Waals surface area contributed by atoms with E-state index in [-0.39, 0.29) is 17.9 Å². The van der Waals surface area contributed by atoms with Gasteiger partial charge in [-0.25, -0.2) is 0 Å². The van der Waals surface area contributed by atoms with Gasteiger partial charge in [-0.3, -0.25) is 9.59 Å². The molecule has 0 aromatic carbocycles. The molecule has 0 bridgehead atoms. The van der Waals surface area contributed by atoms with E-state index in [2.05, 4.69) is 10.6 Å². The molecule has 1 aromatic heterocycles. The number of amides is 2. The number of hydrogen-bond acceptors (Lipinski definition) is 3. The molecule has 1 aromatic rings. The number of piperidine rings is 1. The van der Waals surface area contributed by atoms with Gasteiger partial charge in [0.1, 0.15) is 0 Å². The van der Waals surface area contributed by atoms with Crippen LogP contribution in [0.25, 0.3) is 0 Å². The molecule has 1 unspecified atom stereocenters. The van der Waals surface area contributed by atoms with Crippen LogP contribution >= 0.6 is 11.3 Å². The van der Waals surface area contributed by atoms with Gasteiger partial charge >= 0.3 is 0 Å². The summed E-state index contributed by atoms with van der Waals surface area (Å²) in [7, 11) is 0. The number of rotatable bonds is 3. The second-order valence-electron chi connectivity index (χ2n) is 3.86. The number of nitrogens with one attached hydrogen (secondary N) is 2. The van der Waals surface area contributed by atoms with Crippen LogP contribution < -0.4 is 10.6 Å². The molecule has 2 amide bonds. The zero-order chi connectivity index (χ0) is 11.4. The summed E-state index contributed by atoms with van der Waals surface area (Å²) in [5, 5.41) is 7.64. The van der Waals surface area contributed by atoms with Gasteiger partial charge in [0, 0.05) is 23.9 Å². The highest BCUT2D eigenvalue weighted by Gasteiger charge is 2.19. The molecule has 0 radical (unpaired) electrons. The minimum atomic E-state index is 0.0311. The average Bonchev–Trinajstić information content (AvgIpc) is 2.74. The van der Waals surface area contributed by atoms with E-state index in [1.807, 2.05) is 17.5 Å². The van der Waals surface area contributed by atoms with E-state index in [1.54, 1.807) is 11.3 Å². The molecular formula is C11H14N2O2S. The highest BCUT2D eigenvalue weighted by Crippen LogP contribution is 2.09. The fraction of sp³-hybridized carbons (Fsp3) is 0.455. The minimum absolute atomic E-state index is 0.0311. The Labute approximate surface area is 98.0 Å². The van der Waals surface area contributed by atoms with Crippen molar-refractivity contribution in [1.82, 2.24) is 10.6 Å². The maximum Gasteiger partial charge on any atom is 0.225 e. The van der Waals surface area contributed by atoms with Gasteiger partial charge in [0.15, 0.2) is 0 Å². The Hall–Kier alpha value is -1.36. The Morgan fingerprint density at radius 2 is 2.50 bits per heavy atom. The minimum Gasteiger partial charge on any atom is -0.354 e. The van der Waals surface area contributed by atoms with Crippen LogP contribution in [0, 0.1) is 0 Å². The number of thiophene rings is 1. The Balaban J connectivity index is 1.77. The molecule has 1 atom stereocenters. The lowest BCUT2D eigenvalue weighted by molar-refractivity contribution is -0.125. The maximum absolute atomic E-state index is 11.6. The molecule has 1 fully saturated rings. The van der Waals surface area contributed by atoms with Crippen LogP contribution in [0.1, 0.15) is 17.7 Å². The van der Waals surface area contributed by atoms with Crippen LogP contribution in [-0.4, -0.2) is 24.4 Å². The monoisotopic (exact) mass is 238 g/mol. The molecular weight excluding hydrogens is 224 g/mol. The zero-order valence-corrected chi connectivity index (χ0v) is 9.68. The summed E-state index contributed by atoms with van der Waals surface area (Å²) in [5.41, 5.74) is 0. The van der Waals surface area contributed by atoms with Gasteiger partial charge in [-0.1, -0.05) is 6.07 Å². The predicted octanol–water partition coefficient (Wildman–Crippen LogP) is 0.685. The smallest absolute Gasteiger partial charge is 0.225 e. The summed E-state index contributed by atoms with van der Waals surface area (Å²) in [6, 6.07) is 3.98. The topological polar surface area (TPSA) is 58.2 Å². The molecule has 0 aliphatic carbocycles. The van der Waals surface area contributed by atoms with Crippen molar-refractivity contribution in [2.24, 2.45) is 0 Å². The third-order valence-electron chi connectivity index (χ3n) is 2.55. The van der Waals surface area contributed by atoms with Crippen LogP contribution in [-0.2, 0) is 16.0 Å². The quantitative estimate of drug-likeness (QED) is 0.814. The fourth-order valence-electron chi connectivity index (χ4n) is 1.71. The molecule has 2 rings (SSSR count). The molecule has 86 valence electrons. The van der Waals surface area contributed by atoms with Gasteiger partial charge in [-0.2, -0.15) is 0 Å².